The van der Waals surface area contributed by atoms with E-state index in [1.807, 2.05) is 12.2 Å². The first-order chi connectivity index (χ1) is 16.2. The number of benzene rings is 1. The van der Waals surface area contributed by atoms with E-state index in [0.29, 0.717) is 23.5 Å². The van der Waals surface area contributed by atoms with Gasteiger partial charge in [-0.15, -0.1) is 0 Å². The Morgan fingerprint density at radius 3 is 2.65 bits per heavy atom. The fourth-order valence-corrected chi connectivity index (χ4v) is 8.50. The molecule has 0 heterocycles. The molecule has 5 rings (SSSR count). The number of carbonyl (C=O) groups excluding carboxylic acids is 2. The minimum Gasteiger partial charge on any atom is -0.462 e. The van der Waals surface area contributed by atoms with Crippen LogP contribution in [0.15, 0.2) is 42.0 Å². The van der Waals surface area contributed by atoms with Gasteiger partial charge in [0.05, 0.1) is 0 Å². The second-order valence-corrected chi connectivity index (χ2v) is 12.1. The van der Waals surface area contributed by atoms with Gasteiger partial charge in [-0.3, -0.25) is 9.59 Å². The van der Waals surface area contributed by atoms with Crippen LogP contribution < -0.4 is 0 Å². The summed E-state index contributed by atoms with van der Waals surface area (Å²) in [7, 11) is 0. The Labute approximate surface area is 205 Å². The summed E-state index contributed by atoms with van der Waals surface area (Å²) in [5.41, 5.74) is 4.21. The van der Waals surface area contributed by atoms with Crippen molar-refractivity contribution in [1.29, 1.82) is 0 Å². The molecular formula is C31H40O3. The van der Waals surface area contributed by atoms with Crippen LogP contribution in [0.25, 0.3) is 6.08 Å². The predicted octanol–water partition coefficient (Wildman–Crippen LogP) is 7.09. The van der Waals surface area contributed by atoms with Crippen molar-refractivity contribution in [2.45, 2.75) is 85.2 Å². The molecule has 4 aliphatic carbocycles. The van der Waals surface area contributed by atoms with E-state index in [1.165, 1.54) is 30.9 Å². The van der Waals surface area contributed by atoms with Gasteiger partial charge in [0.25, 0.3) is 0 Å². The lowest BCUT2D eigenvalue weighted by atomic mass is 9.47. The fraction of sp³-hybridized carbons (Fsp3) is 0.613. The van der Waals surface area contributed by atoms with Crippen LogP contribution >= 0.6 is 0 Å². The molecule has 3 heteroatoms. The number of ketones is 1. The van der Waals surface area contributed by atoms with Crippen LogP contribution in [0.3, 0.4) is 0 Å². The number of rotatable bonds is 4. The third kappa shape index (κ3) is 3.99. The van der Waals surface area contributed by atoms with E-state index in [1.54, 1.807) is 0 Å². The SMILES string of the molecule is CC(=O)O[C@H]1CC[C@@]2(C)C(=CC[C@H]3[C@@H]4CC[C@H](C(=O)C=Cc5cccc(C)c5)[C@@]4(C)CC[C@@H]32)C1. The van der Waals surface area contributed by atoms with E-state index in [4.69, 9.17) is 4.74 Å². The van der Waals surface area contributed by atoms with Crippen molar-refractivity contribution in [2.24, 2.45) is 34.5 Å². The van der Waals surface area contributed by atoms with E-state index in [2.05, 4.69) is 51.1 Å². The van der Waals surface area contributed by atoms with Crippen molar-refractivity contribution in [3.8, 4) is 0 Å². The van der Waals surface area contributed by atoms with Crippen LogP contribution in [0, 0.1) is 41.4 Å². The first-order valence-corrected chi connectivity index (χ1v) is 13.4. The van der Waals surface area contributed by atoms with Gasteiger partial charge in [-0.1, -0.05) is 61.4 Å². The quantitative estimate of drug-likeness (QED) is 0.274. The molecule has 0 N–H and O–H groups in total. The third-order valence-electron chi connectivity index (χ3n) is 10.2. The molecule has 182 valence electrons. The number of hydrogen-bond acceptors (Lipinski definition) is 3. The molecule has 0 radical (unpaired) electrons. The number of ether oxygens (including phenoxy) is 1. The average Bonchev–Trinajstić information content (AvgIpc) is 3.15. The van der Waals surface area contributed by atoms with Crippen molar-refractivity contribution >= 4 is 17.8 Å². The summed E-state index contributed by atoms with van der Waals surface area (Å²) in [6, 6.07) is 8.35. The van der Waals surface area contributed by atoms with Crippen molar-refractivity contribution in [3.63, 3.8) is 0 Å². The van der Waals surface area contributed by atoms with Crippen LogP contribution in [-0.4, -0.2) is 17.9 Å². The minimum absolute atomic E-state index is 0.0518. The maximum atomic E-state index is 13.4. The molecule has 0 saturated heterocycles. The summed E-state index contributed by atoms with van der Waals surface area (Å²) >= 11 is 0. The van der Waals surface area contributed by atoms with Crippen molar-refractivity contribution < 1.29 is 14.3 Å². The van der Waals surface area contributed by atoms with E-state index in [0.717, 1.165) is 44.1 Å². The van der Waals surface area contributed by atoms with E-state index in [-0.39, 0.29) is 28.8 Å². The molecule has 3 fully saturated rings. The van der Waals surface area contributed by atoms with E-state index >= 15 is 0 Å². The molecule has 0 bridgehead atoms. The summed E-state index contributed by atoms with van der Waals surface area (Å²) in [5.74, 6) is 2.32. The van der Waals surface area contributed by atoms with E-state index in [9.17, 15) is 9.59 Å². The molecule has 34 heavy (non-hydrogen) atoms. The lowest BCUT2D eigenvalue weighted by molar-refractivity contribution is -0.149. The molecule has 0 unspecified atom stereocenters. The van der Waals surface area contributed by atoms with Crippen molar-refractivity contribution in [3.05, 3.63) is 53.1 Å². The highest BCUT2D eigenvalue weighted by atomic mass is 16.5. The van der Waals surface area contributed by atoms with Crippen LogP contribution in [0.5, 0.6) is 0 Å². The normalized spacial score (nSPS) is 39.1. The zero-order valence-corrected chi connectivity index (χ0v) is 21.3. The molecular weight excluding hydrogens is 420 g/mol. The van der Waals surface area contributed by atoms with Gasteiger partial charge >= 0.3 is 5.97 Å². The Morgan fingerprint density at radius 2 is 1.88 bits per heavy atom. The molecule has 0 spiro atoms. The van der Waals surface area contributed by atoms with Crippen molar-refractivity contribution in [2.75, 3.05) is 0 Å². The standard InChI is InChI=1S/C31H40O3/c1-20-6-5-7-22(18-20)8-13-29(33)28-12-11-26-25-10-9-23-19-24(34-21(2)32)14-16-30(23,3)27(25)15-17-31(26,28)4/h5-9,13,18,24-28H,10-12,14-17,19H2,1-4H3/t24-,25-,26-,27-,28+,30-,31-/m0/s1. The number of aryl methyl sites for hydroxylation is 1. The molecule has 0 aromatic heterocycles. The Kier molecular flexibility index (Phi) is 6.11. The third-order valence-corrected chi connectivity index (χ3v) is 10.2. The average molecular weight is 461 g/mol. The van der Waals surface area contributed by atoms with Gasteiger partial charge in [0.1, 0.15) is 6.10 Å². The van der Waals surface area contributed by atoms with Crippen LogP contribution in [0.4, 0.5) is 0 Å². The molecule has 1 aromatic rings. The maximum absolute atomic E-state index is 13.4. The minimum atomic E-state index is -0.158. The van der Waals surface area contributed by atoms with Gasteiger partial charge in [0, 0.05) is 19.3 Å². The highest BCUT2D eigenvalue weighted by Crippen LogP contribution is 2.66. The number of hydrogen-bond donors (Lipinski definition) is 0. The largest absolute Gasteiger partial charge is 0.462 e. The van der Waals surface area contributed by atoms with Crippen LogP contribution in [-0.2, 0) is 14.3 Å². The highest BCUT2D eigenvalue weighted by molar-refractivity contribution is 5.96. The zero-order valence-electron chi connectivity index (χ0n) is 21.3. The first kappa shape index (κ1) is 23.6. The maximum Gasteiger partial charge on any atom is 0.302 e. The van der Waals surface area contributed by atoms with Gasteiger partial charge < -0.3 is 4.74 Å². The lowest BCUT2D eigenvalue weighted by Crippen LogP contribution is -2.51. The summed E-state index contributed by atoms with van der Waals surface area (Å²) in [6.07, 6.45) is 15.1. The molecule has 1 aromatic carbocycles. The van der Waals surface area contributed by atoms with Gasteiger partial charge in [0.15, 0.2) is 5.78 Å². The van der Waals surface area contributed by atoms with Gasteiger partial charge in [-0.2, -0.15) is 0 Å². The molecule has 7 atom stereocenters. The summed E-state index contributed by atoms with van der Waals surface area (Å²) in [6.45, 7) is 8.51. The van der Waals surface area contributed by atoms with Gasteiger partial charge in [-0.25, -0.2) is 0 Å². The monoisotopic (exact) mass is 460 g/mol. The van der Waals surface area contributed by atoms with Gasteiger partial charge in [-0.05, 0) is 92.1 Å². The Balaban J connectivity index is 1.33. The molecule has 3 saturated carbocycles. The Hall–Kier alpha value is -2.16. The van der Waals surface area contributed by atoms with Gasteiger partial charge in [0.2, 0.25) is 0 Å². The summed E-state index contributed by atoms with van der Waals surface area (Å²) < 4.78 is 5.58. The van der Waals surface area contributed by atoms with Crippen LogP contribution in [0.1, 0.15) is 83.3 Å². The first-order valence-electron chi connectivity index (χ1n) is 13.4. The number of esters is 1. The highest BCUT2D eigenvalue weighted by Gasteiger charge is 2.59. The molecule has 0 aliphatic heterocycles. The number of fused-ring (bicyclic) bond motifs is 5. The number of allylic oxidation sites excluding steroid dienone is 2. The molecule has 3 nitrogen and oxygen atoms in total. The van der Waals surface area contributed by atoms with E-state index < -0.39 is 0 Å². The zero-order chi connectivity index (χ0) is 24.1. The summed E-state index contributed by atoms with van der Waals surface area (Å²) in [5, 5.41) is 0. The Morgan fingerprint density at radius 1 is 1.06 bits per heavy atom. The lowest BCUT2D eigenvalue weighted by Gasteiger charge is -2.58. The molecule has 4 aliphatic rings. The summed E-state index contributed by atoms with van der Waals surface area (Å²) in [4.78, 5) is 24.9. The second-order valence-electron chi connectivity index (χ2n) is 12.1. The predicted molar refractivity (Wildman–Crippen MR) is 136 cm³/mol. The molecule has 0 amide bonds. The Bertz CT molecular complexity index is 1030. The topological polar surface area (TPSA) is 43.4 Å². The van der Waals surface area contributed by atoms with Crippen molar-refractivity contribution in [1.82, 2.24) is 0 Å². The van der Waals surface area contributed by atoms with Crippen LogP contribution in [0.2, 0.25) is 0 Å². The fourth-order valence-electron chi connectivity index (χ4n) is 8.50. The number of carbonyl (C=O) groups is 2. The second kappa shape index (κ2) is 8.81. The smallest absolute Gasteiger partial charge is 0.302 e.